The SMILES string of the molecule is C=Cc1cccc([C]=O)c1C=C. The first-order valence-electron chi connectivity index (χ1n) is 3.59. The number of hydrogen-bond acceptors (Lipinski definition) is 1. The van der Waals surface area contributed by atoms with E-state index in [-0.39, 0.29) is 0 Å². The van der Waals surface area contributed by atoms with Gasteiger partial charge in [0.25, 0.3) is 0 Å². The quantitative estimate of drug-likeness (QED) is 0.658. The van der Waals surface area contributed by atoms with E-state index in [4.69, 9.17) is 0 Å². The lowest BCUT2D eigenvalue weighted by Gasteiger charge is -2.01. The molecule has 0 aliphatic rings. The first-order valence-corrected chi connectivity index (χ1v) is 3.59. The summed E-state index contributed by atoms with van der Waals surface area (Å²) in [5.74, 6) is 0. The summed E-state index contributed by atoms with van der Waals surface area (Å²) in [6, 6.07) is 5.38. The largest absolute Gasteiger partial charge is 0.285 e. The fraction of sp³-hybridized carbons (Fsp3) is 0. The van der Waals surface area contributed by atoms with Crippen LogP contribution < -0.4 is 0 Å². The highest BCUT2D eigenvalue weighted by Gasteiger charge is 2.01. The van der Waals surface area contributed by atoms with Gasteiger partial charge in [-0.15, -0.1) is 0 Å². The molecule has 0 bridgehead atoms. The molecule has 1 aromatic carbocycles. The van der Waals surface area contributed by atoms with Crippen LogP contribution in [-0.2, 0) is 4.79 Å². The van der Waals surface area contributed by atoms with Crippen molar-refractivity contribution in [2.24, 2.45) is 0 Å². The maximum atomic E-state index is 10.4. The van der Waals surface area contributed by atoms with Crippen molar-refractivity contribution in [1.82, 2.24) is 0 Å². The second-order valence-electron chi connectivity index (χ2n) is 2.32. The molecule has 0 aromatic heterocycles. The minimum absolute atomic E-state index is 0.530. The van der Waals surface area contributed by atoms with Crippen LogP contribution in [0.1, 0.15) is 16.7 Å². The molecule has 0 aliphatic heterocycles. The Morgan fingerprint density at radius 3 is 2.50 bits per heavy atom. The van der Waals surface area contributed by atoms with Gasteiger partial charge in [0.05, 0.1) is 0 Å². The van der Waals surface area contributed by atoms with Gasteiger partial charge < -0.3 is 0 Å². The molecule has 1 heteroatoms. The number of benzene rings is 1. The predicted molar refractivity (Wildman–Crippen MR) is 51.4 cm³/mol. The van der Waals surface area contributed by atoms with Crippen LogP contribution in [0.2, 0.25) is 0 Å². The van der Waals surface area contributed by atoms with Gasteiger partial charge in [0, 0.05) is 5.56 Å². The average molecular weight is 157 g/mol. The molecule has 1 aromatic rings. The molecular weight excluding hydrogens is 148 g/mol. The maximum Gasteiger partial charge on any atom is 0.234 e. The van der Waals surface area contributed by atoms with Crippen LogP contribution in [0.4, 0.5) is 0 Å². The van der Waals surface area contributed by atoms with Gasteiger partial charge >= 0.3 is 0 Å². The normalized spacial score (nSPS) is 9.00. The summed E-state index contributed by atoms with van der Waals surface area (Å²) in [6.07, 6.45) is 5.18. The van der Waals surface area contributed by atoms with Crippen LogP contribution in [0.25, 0.3) is 12.2 Å². The van der Waals surface area contributed by atoms with E-state index in [9.17, 15) is 4.79 Å². The fourth-order valence-corrected chi connectivity index (χ4v) is 1.08. The second-order valence-corrected chi connectivity index (χ2v) is 2.32. The van der Waals surface area contributed by atoms with Gasteiger partial charge in [-0.05, 0) is 11.1 Å². The van der Waals surface area contributed by atoms with Gasteiger partial charge in [-0.25, -0.2) is 0 Å². The van der Waals surface area contributed by atoms with Crippen LogP contribution in [0.5, 0.6) is 0 Å². The van der Waals surface area contributed by atoms with Crippen molar-refractivity contribution in [2.75, 3.05) is 0 Å². The van der Waals surface area contributed by atoms with Crippen LogP contribution in [0.3, 0.4) is 0 Å². The highest BCUT2D eigenvalue weighted by molar-refractivity contribution is 5.85. The molecule has 0 amide bonds. The number of rotatable bonds is 3. The van der Waals surface area contributed by atoms with Gasteiger partial charge in [-0.2, -0.15) is 0 Å². The molecule has 0 N–H and O–H groups in total. The van der Waals surface area contributed by atoms with Gasteiger partial charge in [-0.3, -0.25) is 4.79 Å². The lowest BCUT2D eigenvalue weighted by atomic mass is 10.0. The van der Waals surface area contributed by atoms with Gasteiger partial charge in [0.1, 0.15) is 0 Å². The average Bonchev–Trinajstić information content (AvgIpc) is 2.16. The molecule has 0 saturated carbocycles. The number of carbonyl (C=O) groups excluding carboxylic acids is 1. The zero-order chi connectivity index (χ0) is 8.97. The standard InChI is InChI=1S/C11H9O/c1-3-9-6-5-7-10(8-12)11(9)4-2/h3-7H,1-2H2. The third kappa shape index (κ3) is 1.35. The summed E-state index contributed by atoms with van der Waals surface area (Å²) in [4.78, 5) is 10.4. The van der Waals surface area contributed by atoms with Crippen molar-refractivity contribution in [1.29, 1.82) is 0 Å². The summed E-state index contributed by atoms with van der Waals surface area (Å²) in [5.41, 5.74) is 2.23. The molecule has 0 heterocycles. The summed E-state index contributed by atoms with van der Waals surface area (Å²) in [7, 11) is 0. The Bertz CT molecular complexity index is 298. The molecule has 0 fully saturated rings. The summed E-state index contributed by atoms with van der Waals surface area (Å²) < 4.78 is 0. The molecule has 1 nitrogen and oxygen atoms in total. The second kappa shape index (κ2) is 3.67. The molecule has 0 saturated heterocycles. The zero-order valence-corrected chi connectivity index (χ0v) is 6.71. The Hall–Kier alpha value is -1.63. The van der Waals surface area contributed by atoms with Crippen molar-refractivity contribution in [3.8, 4) is 0 Å². The first kappa shape index (κ1) is 8.47. The van der Waals surface area contributed by atoms with E-state index in [1.165, 1.54) is 0 Å². The maximum absolute atomic E-state index is 10.4. The van der Waals surface area contributed by atoms with Crippen LogP contribution >= 0.6 is 0 Å². The van der Waals surface area contributed by atoms with E-state index in [1.807, 2.05) is 12.4 Å². The first-order chi connectivity index (χ1) is 5.83. The van der Waals surface area contributed by atoms with Crippen molar-refractivity contribution in [3.63, 3.8) is 0 Å². The molecule has 12 heavy (non-hydrogen) atoms. The molecular formula is C11H9O. The highest BCUT2D eigenvalue weighted by Crippen LogP contribution is 2.15. The van der Waals surface area contributed by atoms with Crippen molar-refractivity contribution >= 4 is 18.4 Å². The smallest absolute Gasteiger partial charge is 0.234 e. The predicted octanol–water partition coefficient (Wildman–Crippen LogP) is 2.43. The molecule has 59 valence electrons. The monoisotopic (exact) mass is 157 g/mol. The van der Waals surface area contributed by atoms with Gasteiger partial charge in [0.15, 0.2) is 0 Å². The topological polar surface area (TPSA) is 17.1 Å². The molecule has 0 spiro atoms. The van der Waals surface area contributed by atoms with Crippen LogP contribution in [0, 0.1) is 0 Å². The van der Waals surface area contributed by atoms with Crippen molar-refractivity contribution in [2.45, 2.75) is 0 Å². The Balaban J connectivity index is 3.40. The Morgan fingerprint density at radius 2 is 2.00 bits per heavy atom. The number of hydrogen-bond donors (Lipinski definition) is 0. The third-order valence-electron chi connectivity index (χ3n) is 1.67. The summed E-state index contributed by atoms with van der Waals surface area (Å²) >= 11 is 0. The van der Waals surface area contributed by atoms with E-state index >= 15 is 0 Å². The molecule has 0 aliphatic carbocycles. The summed E-state index contributed by atoms with van der Waals surface area (Å²) in [6.45, 7) is 7.26. The molecule has 0 atom stereocenters. The molecule has 1 radical (unpaired) electrons. The van der Waals surface area contributed by atoms with Crippen molar-refractivity contribution < 1.29 is 4.79 Å². The van der Waals surface area contributed by atoms with Crippen LogP contribution in [-0.4, -0.2) is 6.29 Å². The zero-order valence-electron chi connectivity index (χ0n) is 6.71. The fourth-order valence-electron chi connectivity index (χ4n) is 1.08. The van der Waals surface area contributed by atoms with Gasteiger partial charge in [-0.1, -0.05) is 43.5 Å². The van der Waals surface area contributed by atoms with Gasteiger partial charge in [0.2, 0.25) is 6.29 Å². The summed E-state index contributed by atoms with van der Waals surface area (Å²) in [5, 5.41) is 0. The minimum Gasteiger partial charge on any atom is -0.285 e. The van der Waals surface area contributed by atoms with Crippen molar-refractivity contribution in [3.05, 3.63) is 48.0 Å². The molecule has 1 rings (SSSR count). The lowest BCUT2D eigenvalue weighted by Crippen LogP contribution is -1.88. The highest BCUT2D eigenvalue weighted by atomic mass is 16.1. The minimum atomic E-state index is 0.530. The van der Waals surface area contributed by atoms with E-state index in [2.05, 4.69) is 13.2 Å². The third-order valence-corrected chi connectivity index (χ3v) is 1.67. The van der Waals surface area contributed by atoms with E-state index in [0.29, 0.717) is 5.56 Å². The Morgan fingerprint density at radius 1 is 1.25 bits per heavy atom. The lowest BCUT2D eigenvalue weighted by molar-refractivity contribution is 0.562. The van der Waals surface area contributed by atoms with E-state index in [0.717, 1.165) is 11.1 Å². The molecule has 0 unspecified atom stereocenters. The van der Waals surface area contributed by atoms with E-state index < -0.39 is 0 Å². The van der Waals surface area contributed by atoms with E-state index in [1.54, 1.807) is 24.3 Å². The Labute approximate surface area is 72.0 Å². The van der Waals surface area contributed by atoms with Crippen LogP contribution in [0.15, 0.2) is 31.4 Å². The Kier molecular flexibility index (Phi) is 2.59.